The van der Waals surface area contributed by atoms with Gasteiger partial charge in [-0.25, -0.2) is 14.6 Å². The molecule has 9 nitrogen and oxygen atoms in total. The molecule has 0 saturated heterocycles. The second-order valence-corrected chi connectivity index (χ2v) is 4.75. The van der Waals surface area contributed by atoms with E-state index in [4.69, 9.17) is 0 Å². The first kappa shape index (κ1) is 13.3. The van der Waals surface area contributed by atoms with Gasteiger partial charge in [-0.05, 0) is 22.8 Å². The van der Waals surface area contributed by atoms with Crippen molar-refractivity contribution >= 4 is 22.9 Å². The highest BCUT2D eigenvalue weighted by Gasteiger charge is 2.13. The minimum atomic E-state index is 0.398. The monoisotopic (exact) mass is 288 g/mol. The highest BCUT2D eigenvalue weighted by molar-refractivity contribution is 5.73. The molecular weight excluding hydrogens is 272 g/mol. The van der Waals surface area contributed by atoms with Gasteiger partial charge in [0.05, 0.1) is 0 Å². The molecule has 0 aliphatic rings. The third-order valence-corrected chi connectivity index (χ3v) is 2.94. The van der Waals surface area contributed by atoms with Crippen LogP contribution in [0.15, 0.2) is 23.1 Å². The largest absolute Gasteiger partial charge is 0.367 e. The fourth-order valence-corrected chi connectivity index (χ4v) is 1.94. The summed E-state index contributed by atoms with van der Waals surface area (Å²) in [5.74, 6) is 1.38. The van der Waals surface area contributed by atoms with E-state index in [0.717, 1.165) is 19.5 Å². The van der Waals surface area contributed by atoms with Gasteiger partial charge in [0.25, 0.3) is 0 Å². The zero-order valence-corrected chi connectivity index (χ0v) is 11.9. The zero-order valence-electron chi connectivity index (χ0n) is 11.9. The van der Waals surface area contributed by atoms with Gasteiger partial charge in [-0.3, -0.25) is 4.68 Å². The third-order valence-electron chi connectivity index (χ3n) is 2.94. The Morgan fingerprint density at radius 3 is 2.76 bits per heavy atom. The van der Waals surface area contributed by atoms with Crippen molar-refractivity contribution in [3.8, 4) is 0 Å². The molecule has 3 aromatic heterocycles. The number of hydrogen-bond acceptors (Lipinski definition) is 8. The Labute approximate surface area is 120 Å². The first-order valence-electron chi connectivity index (χ1n) is 6.63. The van der Waals surface area contributed by atoms with Gasteiger partial charge in [-0.1, -0.05) is 0 Å². The van der Waals surface area contributed by atoms with Crippen LogP contribution in [0.2, 0.25) is 0 Å². The van der Waals surface area contributed by atoms with Crippen molar-refractivity contribution < 1.29 is 4.63 Å². The van der Waals surface area contributed by atoms with Gasteiger partial charge >= 0.3 is 0 Å². The molecule has 0 saturated carbocycles. The summed E-state index contributed by atoms with van der Waals surface area (Å²) < 4.78 is 6.54. The second-order valence-electron chi connectivity index (χ2n) is 4.75. The first-order chi connectivity index (χ1) is 10.2. The maximum Gasteiger partial charge on any atom is 0.245 e. The maximum absolute atomic E-state index is 4.65. The average molecular weight is 288 g/mol. The molecule has 3 rings (SSSR count). The predicted octanol–water partition coefficient (Wildman–Crippen LogP) is 0.777. The Morgan fingerprint density at radius 1 is 1.24 bits per heavy atom. The van der Waals surface area contributed by atoms with E-state index in [9.17, 15) is 0 Å². The van der Waals surface area contributed by atoms with E-state index in [0.29, 0.717) is 22.9 Å². The molecule has 0 aromatic carbocycles. The fraction of sp³-hybridized carbons (Fsp3) is 0.417. The highest BCUT2D eigenvalue weighted by atomic mass is 16.6. The van der Waals surface area contributed by atoms with Crippen molar-refractivity contribution in [1.29, 1.82) is 0 Å². The van der Waals surface area contributed by atoms with Gasteiger partial charge in [0.2, 0.25) is 11.3 Å². The second kappa shape index (κ2) is 5.73. The molecule has 21 heavy (non-hydrogen) atoms. The van der Waals surface area contributed by atoms with Crippen LogP contribution < -0.4 is 10.2 Å². The van der Waals surface area contributed by atoms with E-state index in [1.54, 1.807) is 6.20 Å². The summed E-state index contributed by atoms with van der Waals surface area (Å²) >= 11 is 0. The highest BCUT2D eigenvalue weighted by Crippen LogP contribution is 2.21. The number of nitrogens with one attached hydrogen (secondary N) is 1. The summed E-state index contributed by atoms with van der Waals surface area (Å²) in [7, 11) is 3.80. The molecule has 0 aliphatic heterocycles. The number of hydrogen-bond donors (Lipinski definition) is 1. The molecule has 3 aromatic rings. The number of nitrogens with zero attached hydrogens (tertiary/aromatic N) is 7. The van der Waals surface area contributed by atoms with E-state index < -0.39 is 0 Å². The molecule has 0 atom stereocenters. The summed E-state index contributed by atoms with van der Waals surface area (Å²) in [4.78, 5) is 10.6. The van der Waals surface area contributed by atoms with Gasteiger partial charge in [0.1, 0.15) is 0 Å². The zero-order chi connectivity index (χ0) is 14.7. The van der Waals surface area contributed by atoms with Crippen LogP contribution in [0.1, 0.15) is 6.42 Å². The standard InChI is InChI=1S/C12H16N8O/c1-19(2)12-11(15-9-10(16-12)18-21-17-9)13-5-3-7-20-8-4-6-14-20/h4,6,8H,3,5,7H2,1-2H3,(H,13,15,17). The molecular formula is C12H16N8O. The Balaban J connectivity index is 1.68. The number of rotatable bonds is 6. The molecule has 1 N–H and O–H groups in total. The van der Waals surface area contributed by atoms with E-state index >= 15 is 0 Å². The van der Waals surface area contributed by atoms with E-state index in [-0.39, 0.29) is 0 Å². The van der Waals surface area contributed by atoms with E-state index in [2.05, 4.69) is 35.3 Å². The number of aryl methyl sites for hydroxylation is 1. The van der Waals surface area contributed by atoms with Crippen LogP contribution in [-0.2, 0) is 6.54 Å². The van der Waals surface area contributed by atoms with Gasteiger partial charge in [0, 0.05) is 39.6 Å². The molecule has 0 aliphatic carbocycles. The summed E-state index contributed by atoms with van der Waals surface area (Å²) in [5, 5.41) is 14.9. The van der Waals surface area contributed by atoms with Crippen molar-refractivity contribution in [2.24, 2.45) is 0 Å². The van der Waals surface area contributed by atoms with Crippen LogP contribution >= 0.6 is 0 Å². The number of aromatic nitrogens is 6. The minimum Gasteiger partial charge on any atom is -0.367 e. The summed E-state index contributed by atoms with van der Waals surface area (Å²) in [5.41, 5.74) is 0.802. The van der Waals surface area contributed by atoms with Gasteiger partial charge in [-0.2, -0.15) is 5.10 Å². The van der Waals surface area contributed by atoms with Crippen molar-refractivity contribution in [1.82, 2.24) is 30.1 Å². The van der Waals surface area contributed by atoms with Crippen LogP contribution in [-0.4, -0.2) is 50.7 Å². The van der Waals surface area contributed by atoms with E-state index in [1.165, 1.54) is 0 Å². The van der Waals surface area contributed by atoms with Crippen LogP contribution in [0, 0.1) is 0 Å². The Bertz CT molecular complexity index is 705. The fourth-order valence-electron chi connectivity index (χ4n) is 1.94. The smallest absolute Gasteiger partial charge is 0.245 e. The molecule has 0 fully saturated rings. The molecule has 0 unspecified atom stereocenters. The van der Waals surface area contributed by atoms with Crippen LogP contribution in [0.3, 0.4) is 0 Å². The van der Waals surface area contributed by atoms with Gasteiger partial charge in [0.15, 0.2) is 11.6 Å². The Kier molecular flexibility index (Phi) is 3.63. The quantitative estimate of drug-likeness (QED) is 0.664. The van der Waals surface area contributed by atoms with Crippen LogP contribution in [0.25, 0.3) is 11.3 Å². The molecule has 9 heteroatoms. The van der Waals surface area contributed by atoms with Crippen LogP contribution in [0.4, 0.5) is 11.6 Å². The Hall–Kier alpha value is -2.71. The maximum atomic E-state index is 4.65. The number of fused-ring (bicyclic) bond motifs is 1. The first-order valence-corrected chi connectivity index (χ1v) is 6.63. The van der Waals surface area contributed by atoms with Crippen molar-refractivity contribution in [3.63, 3.8) is 0 Å². The van der Waals surface area contributed by atoms with Crippen molar-refractivity contribution in [3.05, 3.63) is 18.5 Å². The van der Waals surface area contributed by atoms with Crippen molar-refractivity contribution in [2.45, 2.75) is 13.0 Å². The van der Waals surface area contributed by atoms with Crippen LogP contribution in [0.5, 0.6) is 0 Å². The lowest BCUT2D eigenvalue weighted by molar-refractivity contribution is 0.314. The minimum absolute atomic E-state index is 0.398. The SMILES string of the molecule is CN(C)c1nc2nonc2nc1NCCCn1cccn1. The topological polar surface area (TPSA) is 97.8 Å². The molecule has 0 radical (unpaired) electrons. The molecule has 0 amide bonds. The molecule has 3 heterocycles. The molecule has 0 bridgehead atoms. The van der Waals surface area contributed by atoms with Crippen molar-refractivity contribution in [2.75, 3.05) is 30.9 Å². The Morgan fingerprint density at radius 2 is 2.05 bits per heavy atom. The molecule has 0 spiro atoms. The lowest BCUT2D eigenvalue weighted by atomic mass is 10.4. The van der Waals surface area contributed by atoms with E-state index in [1.807, 2.05) is 35.9 Å². The van der Waals surface area contributed by atoms with Gasteiger partial charge in [-0.15, -0.1) is 0 Å². The normalized spacial score (nSPS) is 11.0. The summed E-state index contributed by atoms with van der Waals surface area (Å²) in [6.07, 6.45) is 4.64. The number of anilines is 2. The van der Waals surface area contributed by atoms with Gasteiger partial charge < -0.3 is 10.2 Å². The third kappa shape index (κ3) is 2.91. The molecule has 110 valence electrons. The summed E-state index contributed by atoms with van der Waals surface area (Å²) in [6, 6.07) is 1.91. The lowest BCUT2D eigenvalue weighted by Crippen LogP contribution is -2.16. The predicted molar refractivity (Wildman–Crippen MR) is 77.1 cm³/mol. The summed E-state index contributed by atoms with van der Waals surface area (Å²) in [6.45, 7) is 1.60. The average Bonchev–Trinajstić information content (AvgIpc) is 3.13. The lowest BCUT2D eigenvalue weighted by Gasteiger charge is -2.15.